The van der Waals surface area contributed by atoms with E-state index in [1.807, 2.05) is 10.8 Å². The van der Waals surface area contributed by atoms with Crippen molar-refractivity contribution >= 4 is 15.9 Å². The first kappa shape index (κ1) is 14.8. The van der Waals surface area contributed by atoms with Gasteiger partial charge in [-0.05, 0) is 12.1 Å². The minimum Gasteiger partial charge on any atom is -0.459 e. The van der Waals surface area contributed by atoms with Crippen molar-refractivity contribution in [1.29, 1.82) is 0 Å². The van der Waals surface area contributed by atoms with Gasteiger partial charge in [0, 0.05) is 19.3 Å². The third-order valence-corrected chi connectivity index (χ3v) is 4.06. The molecule has 1 N–H and O–H groups in total. The molecule has 3 rings (SSSR count). The highest BCUT2D eigenvalue weighted by Crippen LogP contribution is 2.16. The van der Waals surface area contributed by atoms with E-state index in [0.29, 0.717) is 31.1 Å². The fourth-order valence-electron chi connectivity index (χ4n) is 2.33. The van der Waals surface area contributed by atoms with Gasteiger partial charge in [0.1, 0.15) is 5.82 Å². The molecular formula is C13H16N4O4S. The monoisotopic (exact) mass is 324 g/mol. The fraction of sp³-hybridized carbons (Fsp3) is 0.385. The summed E-state index contributed by atoms with van der Waals surface area (Å²) in [6.45, 7) is 1.69. The van der Waals surface area contributed by atoms with E-state index in [0.717, 1.165) is 12.1 Å². The number of rotatable bonds is 4. The lowest BCUT2D eigenvalue weighted by Crippen LogP contribution is -2.38. The van der Waals surface area contributed by atoms with Crippen molar-refractivity contribution in [2.24, 2.45) is 0 Å². The van der Waals surface area contributed by atoms with E-state index in [4.69, 9.17) is 4.42 Å². The number of hydrogen-bond donors (Lipinski definition) is 1. The Bertz CT molecular complexity index is 779. The van der Waals surface area contributed by atoms with Crippen LogP contribution in [0.15, 0.2) is 29.0 Å². The van der Waals surface area contributed by atoms with E-state index in [-0.39, 0.29) is 12.5 Å². The highest BCUT2D eigenvalue weighted by Gasteiger charge is 2.24. The number of sulfonamides is 1. The smallest absolute Gasteiger partial charge is 0.290 e. The standard InChI is InChI=1S/C13H16N4O4S/c1-22(19,20)14-7-10-8-16-4-5-17(9-12(16)15-10)13(18)11-3-2-6-21-11/h2-3,6,8,14H,4-5,7,9H2,1H3. The number of amides is 1. The summed E-state index contributed by atoms with van der Waals surface area (Å²) in [6.07, 6.45) is 4.38. The van der Waals surface area contributed by atoms with Crippen LogP contribution in [0.3, 0.4) is 0 Å². The molecule has 118 valence electrons. The van der Waals surface area contributed by atoms with Crippen LogP contribution in [-0.4, -0.2) is 41.6 Å². The topological polar surface area (TPSA) is 97.4 Å². The molecule has 0 radical (unpaired) electrons. The molecule has 22 heavy (non-hydrogen) atoms. The summed E-state index contributed by atoms with van der Waals surface area (Å²) in [5, 5.41) is 0. The highest BCUT2D eigenvalue weighted by atomic mass is 32.2. The van der Waals surface area contributed by atoms with Crippen molar-refractivity contribution in [3.8, 4) is 0 Å². The van der Waals surface area contributed by atoms with Crippen LogP contribution in [-0.2, 0) is 29.7 Å². The van der Waals surface area contributed by atoms with Crippen LogP contribution in [0.5, 0.6) is 0 Å². The maximum Gasteiger partial charge on any atom is 0.290 e. The average molecular weight is 324 g/mol. The van der Waals surface area contributed by atoms with Crippen LogP contribution in [0.4, 0.5) is 0 Å². The zero-order valence-electron chi connectivity index (χ0n) is 12.0. The first-order valence-corrected chi connectivity index (χ1v) is 8.64. The van der Waals surface area contributed by atoms with Crippen LogP contribution >= 0.6 is 0 Å². The Morgan fingerprint density at radius 2 is 2.27 bits per heavy atom. The number of nitrogens with one attached hydrogen (secondary N) is 1. The summed E-state index contributed by atoms with van der Waals surface area (Å²) in [7, 11) is -3.25. The average Bonchev–Trinajstić information content (AvgIpc) is 3.11. The zero-order valence-corrected chi connectivity index (χ0v) is 12.8. The molecule has 0 spiro atoms. The van der Waals surface area contributed by atoms with E-state index < -0.39 is 10.0 Å². The Morgan fingerprint density at radius 1 is 1.45 bits per heavy atom. The van der Waals surface area contributed by atoms with Crippen LogP contribution in [0, 0.1) is 0 Å². The molecule has 0 aromatic carbocycles. The minimum absolute atomic E-state index is 0.144. The van der Waals surface area contributed by atoms with Crippen LogP contribution < -0.4 is 4.72 Å². The molecule has 0 saturated carbocycles. The first-order valence-electron chi connectivity index (χ1n) is 6.75. The van der Waals surface area contributed by atoms with Gasteiger partial charge in [-0.25, -0.2) is 18.1 Å². The number of carbonyl (C=O) groups is 1. The second kappa shape index (κ2) is 5.58. The maximum absolute atomic E-state index is 12.2. The van der Waals surface area contributed by atoms with Gasteiger partial charge in [-0.3, -0.25) is 4.79 Å². The number of hydrogen-bond acceptors (Lipinski definition) is 5. The van der Waals surface area contributed by atoms with Crippen molar-refractivity contribution in [3.05, 3.63) is 41.9 Å². The van der Waals surface area contributed by atoms with E-state index in [1.165, 1.54) is 6.26 Å². The van der Waals surface area contributed by atoms with E-state index in [1.54, 1.807) is 17.0 Å². The van der Waals surface area contributed by atoms with Crippen molar-refractivity contribution < 1.29 is 17.6 Å². The molecule has 1 amide bonds. The Labute approximate surface area is 127 Å². The molecule has 2 aromatic heterocycles. The predicted octanol–water partition coefficient (Wildman–Crippen LogP) is 0.181. The van der Waals surface area contributed by atoms with E-state index in [2.05, 4.69) is 9.71 Å². The quantitative estimate of drug-likeness (QED) is 0.865. The van der Waals surface area contributed by atoms with Crippen LogP contribution in [0.1, 0.15) is 22.1 Å². The zero-order chi connectivity index (χ0) is 15.7. The van der Waals surface area contributed by atoms with Gasteiger partial charge in [0.15, 0.2) is 5.76 Å². The SMILES string of the molecule is CS(=O)(=O)NCc1cn2c(n1)CN(C(=O)c1ccco1)CC2. The number of nitrogens with zero attached hydrogens (tertiary/aromatic N) is 3. The maximum atomic E-state index is 12.2. The van der Waals surface area contributed by atoms with Crippen LogP contribution in [0.2, 0.25) is 0 Å². The Balaban J connectivity index is 1.71. The van der Waals surface area contributed by atoms with Crippen molar-refractivity contribution in [2.75, 3.05) is 12.8 Å². The van der Waals surface area contributed by atoms with Crippen molar-refractivity contribution in [1.82, 2.24) is 19.2 Å². The van der Waals surface area contributed by atoms with Gasteiger partial charge >= 0.3 is 0 Å². The summed E-state index contributed by atoms with van der Waals surface area (Å²) >= 11 is 0. The molecule has 8 nitrogen and oxygen atoms in total. The van der Waals surface area contributed by atoms with E-state index in [9.17, 15) is 13.2 Å². The molecule has 9 heteroatoms. The van der Waals surface area contributed by atoms with Gasteiger partial charge in [0.05, 0.1) is 31.3 Å². The minimum atomic E-state index is -3.25. The molecule has 3 heterocycles. The summed E-state index contributed by atoms with van der Waals surface area (Å²) in [6, 6.07) is 3.30. The molecule has 0 fully saturated rings. The molecular weight excluding hydrogens is 308 g/mol. The van der Waals surface area contributed by atoms with Crippen molar-refractivity contribution in [2.45, 2.75) is 19.6 Å². The molecule has 1 aliphatic rings. The second-order valence-electron chi connectivity index (χ2n) is 5.14. The molecule has 0 saturated heterocycles. The largest absolute Gasteiger partial charge is 0.459 e. The summed E-state index contributed by atoms with van der Waals surface area (Å²) in [5.74, 6) is 0.866. The van der Waals surface area contributed by atoms with Gasteiger partial charge < -0.3 is 13.9 Å². The van der Waals surface area contributed by atoms with Gasteiger partial charge in [0.2, 0.25) is 10.0 Å². The number of imidazole rings is 1. The normalized spacial score (nSPS) is 14.9. The van der Waals surface area contributed by atoms with Gasteiger partial charge in [-0.1, -0.05) is 0 Å². The molecule has 0 atom stereocenters. The lowest BCUT2D eigenvalue weighted by Gasteiger charge is -2.26. The summed E-state index contributed by atoms with van der Waals surface area (Å²) < 4.78 is 31.7. The predicted molar refractivity (Wildman–Crippen MR) is 77.4 cm³/mol. The molecule has 1 aliphatic heterocycles. The number of aromatic nitrogens is 2. The van der Waals surface area contributed by atoms with Crippen molar-refractivity contribution in [3.63, 3.8) is 0 Å². The Morgan fingerprint density at radius 3 is 2.95 bits per heavy atom. The molecule has 0 bridgehead atoms. The summed E-state index contributed by atoms with van der Waals surface area (Å²) in [4.78, 5) is 18.3. The van der Waals surface area contributed by atoms with E-state index >= 15 is 0 Å². The number of fused-ring (bicyclic) bond motifs is 1. The van der Waals surface area contributed by atoms with Crippen LogP contribution in [0.25, 0.3) is 0 Å². The lowest BCUT2D eigenvalue weighted by molar-refractivity contribution is 0.0675. The number of carbonyl (C=O) groups excluding carboxylic acids is 1. The van der Waals surface area contributed by atoms with Gasteiger partial charge in [0.25, 0.3) is 5.91 Å². The summed E-state index contributed by atoms with van der Waals surface area (Å²) in [5.41, 5.74) is 0.632. The molecule has 0 aliphatic carbocycles. The molecule has 2 aromatic rings. The highest BCUT2D eigenvalue weighted by molar-refractivity contribution is 7.88. The Hall–Kier alpha value is -2.13. The molecule has 0 unspecified atom stereocenters. The second-order valence-corrected chi connectivity index (χ2v) is 6.97. The number of furan rings is 1. The van der Waals surface area contributed by atoms with Gasteiger partial charge in [-0.2, -0.15) is 0 Å². The fourth-order valence-corrected chi connectivity index (χ4v) is 2.74. The third kappa shape index (κ3) is 3.20. The lowest BCUT2D eigenvalue weighted by atomic mass is 10.3. The Kier molecular flexibility index (Phi) is 3.75. The van der Waals surface area contributed by atoms with Gasteiger partial charge in [-0.15, -0.1) is 0 Å². The third-order valence-electron chi connectivity index (χ3n) is 3.39. The first-order chi connectivity index (χ1) is 10.4.